The Kier molecular flexibility index (Phi) is 3.80. The number of fused-ring (bicyclic) bond motifs is 2. The molecule has 0 amide bonds. The van der Waals surface area contributed by atoms with Crippen molar-refractivity contribution in [2.24, 2.45) is 0 Å². The minimum absolute atomic E-state index is 0.104. The van der Waals surface area contributed by atoms with E-state index < -0.39 is 11.2 Å². The molecular formula is C20H22O5. The van der Waals surface area contributed by atoms with Gasteiger partial charge in [-0.1, -0.05) is 6.08 Å². The van der Waals surface area contributed by atoms with Crippen LogP contribution in [0.3, 0.4) is 0 Å². The largest absolute Gasteiger partial charge is 0.506 e. The molecule has 2 aromatic rings. The topological polar surface area (TPSA) is 79.9 Å². The molecule has 2 heterocycles. The molecule has 1 aromatic heterocycles. The van der Waals surface area contributed by atoms with Gasteiger partial charge in [-0.25, -0.2) is 0 Å². The Hall–Kier alpha value is -2.53. The molecule has 0 aliphatic carbocycles. The molecule has 1 aromatic carbocycles. The molecule has 3 rings (SSSR count). The Balaban J connectivity index is 2.46. The Bertz CT molecular complexity index is 968. The molecule has 1 aliphatic rings. The van der Waals surface area contributed by atoms with E-state index >= 15 is 0 Å². The molecule has 0 saturated heterocycles. The zero-order valence-electron chi connectivity index (χ0n) is 15.0. The number of aryl methyl sites for hydroxylation is 1. The van der Waals surface area contributed by atoms with Gasteiger partial charge in [-0.3, -0.25) is 4.79 Å². The first-order chi connectivity index (χ1) is 11.5. The Labute approximate surface area is 145 Å². The average molecular weight is 342 g/mol. The third-order valence-electron chi connectivity index (χ3n) is 3.97. The van der Waals surface area contributed by atoms with Gasteiger partial charge in [-0.15, -0.1) is 0 Å². The molecule has 5 nitrogen and oxygen atoms in total. The molecule has 0 bridgehead atoms. The maximum Gasteiger partial charge on any atom is 0.196 e. The maximum absolute atomic E-state index is 12.4. The van der Waals surface area contributed by atoms with Crippen LogP contribution in [-0.4, -0.2) is 21.4 Å². The molecule has 0 atom stereocenters. The smallest absolute Gasteiger partial charge is 0.196 e. The molecule has 0 radical (unpaired) electrons. The molecule has 5 heteroatoms. The van der Waals surface area contributed by atoms with E-state index in [0.29, 0.717) is 22.6 Å². The fourth-order valence-electron chi connectivity index (χ4n) is 2.80. The maximum atomic E-state index is 12.4. The first-order valence-corrected chi connectivity index (χ1v) is 8.12. The summed E-state index contributed by atoms with van der Waals surface area (Å²) in [5.41, 5.74) is -0.764. The van der Waals surface area contributed by atoms with E-state index in [1.807, 2.05) is 19.9 Å². The van der Waals surface area contributed by atoms with Crippen molar-refractivity contribution in [2.75, 3.05) is 0 Å². The fourth-order valence-corrected chi connectivity index (χ4v) is 2.80. The summed E-state index contributed by atoms with van der Waals surface area (Å²) in [6, 6.07) is 1.34. The number of aliphatic hydroxyl groups is 1. The van der Waals surface area contributed by atoms with Crippen LogP contribution < -0.4 is 10.2 Å². The lowest BCUT2D eigenvalue weighted by Gasteiger charge is -2.30. The number of phenols is 1. The van der Waals surface area contributed by atoms with Gasteiger partial charge in [0.15, 0.2) is 11.0 Å². The molecule has 0 fully saturated rings. The second kappa shape index (κ2) is 5.49. The summed E-state index contributed by atoms with van der Waals surface area (Å²) < 4.78 is 11.8. The van der Waals surface area contributed by atoms with Gasteiger partial charge in [0.05, 0.1) is 16.7 Å². The molecule has 0 saturated carbocycles. The normalized spacial score (nSPS) is 16.2. The number of ether oxygens (including phenoxy) is 1. The molecule has 2 N–H and O–H groups in total. The van der Waals surface area contributed by atoms with Gasteiger partial charge < -0.3 is 19.4 Å². The standard InChI is InChI=1S/C20H22O5/c1-11-10-14(21)15-16(22)12-7-9-20(4,5)25-17(12)13(18(15)24-11)6-8-19(2,3)23/h6-10,22-23H,1-5H3. The molecule has 0 unspecified atom stereocenters. The van der Waals surface area contributed by atoms with Crippen LogP contribution in [0.1, 0.15) is 44.6 Å². The molecular weight excluding hydrogens is 320 g/mol. The van der Waals surface area contributed by atoms with Crippen LogP contribution in [0.5, 0.6) is 11.5 Å². The van der Waals surface area contributed by atoms with Crippen molar-refractivity contribution in [1.29, 1.82) is 0 Å². The number of phenolic OH excluding ortho intramolecular Hbond substituents is 1. The number of aromatic hydroxyl groups is 1. The Morgan fingerprint density at radius 2 is 1.96 bits per heavy atom. The molecule has 25 heavy (non-hydrogen) atoms. The summed E-state index contributed by atoms with van der Waals surface area (Å²) in [5.74, 6) is 0.693. The van der Waals surface area contributed by atoms with Crippen LogP contribution in [0.4, 0.5) is 0 Å². The van der Waals surface area contributed by atoms with Crippen LogP contribution >= 0.6 is 0 Å². The van der Waals surface area contributed by atoms with Crippen molar-refractivity contribution in [3.05, 3.63) is 45.3 Å². The van der Waals surface area contributed by atoms with E-state index in [-0.39, 0.29) is 22.1 Å². The third kappa shape index (κ3) is 3.20. The summed E-state index contributed by atoms with van der Waals surface area (Å²) in [6.07, 6.45) is 6.82. The second-order valence-corrected chi connectivity index (χ2v) is 7.46. The number of rotatable bonds is 2. The van der Waals surface area contributed by atoms with Crippen LogP contribution in [0.25, 0.3) is 23.1 Å². The van der Waals surface area contributed by atoms with Gasteiger partial charge in [0.1, 0.15) is 28.2 Å². The van der Waals surface area contributed by atoms with Gasteiger partial charge in [0.25, 0.3) is 0 Å². The Morgan fingerprint density at radius 3 is 2.60 bits per heavy atom. The number of hydrogen-bond acceptors (Lipinski definition) is 5. The van der Waals surface area contributed by atoms with E-state index in [9.17, 15) is 15.0 Å². The summed E-state index contributed by atoms with van der Waals surface area (Å²) >= 11 is 0. The van der Waals surface area contributed by atoms with E-state index in [1.165, 1.54) is 6.07 Å². The highest BCUT2D eigenvalue weighted by atomic mass is 16.5. The van der Waals surface area contributed by atoms with Crippen molar-refractivity contribution in [1.82, 2.24) is 0 Å². The lowest BCUT2D eigenvalue weighted by molar-refractivity contribution is 0.134. The third-order valence-corrected chi connectivity index (χ3v) is 3.97. The summed E-state index contributed by atoms with van der Waals surface area (Å²) in [4.78, 5) is 12.4. The van der Waals surface area contributed by atoms with E-state index in [0.717, 1.165) is 0 Å². The van der Waals surface area contributed by atoms with E-state index in [2.05, 4.69) is 0 Å². The van der Waals surface area contributed by atoms with Crippen LogP contribution in [0.15, 0.2) is 27.4 Å². The van der Waals surface area contributed by atoms with Gasteiger partial charge in [-0.05, 0) is 52.8 Å². The van der Waals surface area contributed by atoms with Crippen LogP contribution in [-0.2, 0) is 0 Å². The van der Waals surface area contributed by atoms with Crippen LogP contribution in [0, 0.1) is 6.92 Å². The highest BCUT2D eigenvalue weighted by Gasteiger charge is 2.29. The van der Waals surface area contributed by atoms with E-state index in [4.69, 9.17) is 9.15 Å². The summed E-state index contributed by atoms with van der Waals surface area (Å²) in [7, 11) is 0. The minimum Gasteiger partial charge on any atom is -0.506 e. The molecule has 132 valence electrons. The van der Waals surface area contributed by atoms with Crippen molar-refractivity contribution in [2.45, 2.75) is 45.8 Å². The molecule has 0 spiro atoms. The number of hydrogen-bond donors (Lipinski definition) is 2. The lowest BCUT2D eigenvalue weighted by atomic mass is 9.95. The summed E-state index contributed by atoms with van der Waals surface area (Å²) in [6.45, 7) is 8.74. The van der Waals surface area contributed by atoms with Crippen molar-refractivity contribution >= 4 is 23.1 Å². The van der Waals surface area contributed by atoms with Gasteiger partial charge in [0.2, 0.25) is 0 Å². The molecule has 1 aliphatic heterocycles. The summed E-state index contributed by atoms with van der Waals surface area (Å²) in [5, 5.41) is 20.8. The second-order valence-electron chi connectivity index (χ2n) is 7.46. The monoisotopic (exact) mass is 342 g/mol. The lowest BCUT2D eigenvalue weighted by Crippen LogP contribution is -2.28. The number of benzene rings is 1. The SMILES string of the molecule is Cc1cc(=O)c2c(O)c3c(c(C=CC(C)(C)O)c2o1)OC(C)(C)C=C3. The Morgan fingerprint density at radius 1 is 1.28 bits per heavy atom. The predicted molar refractivity (Wildman–Crippen MR) is 98.0 cm³/mol. The quantitative estimate of drug-likeness (QED) is 0.868. The highest BCUT2D eigenvalue weighted by molar-refractivity contribution is 5.97. The van der Waals surface area contributed by atoms with Crippen molar-refractivity contribution in [3.8, 4) is 11.5 Å². The zero-order valence-corrected chi connectivity index (χ0v) is 15.0. The average Bonchev–Trinajstić information content (AvgIpc) is 2.43. The zero-order chi connectivity index (χ0) is 18.6. The van der Waals surface area contributed by atoms with E-state index in [1.54, 1.807) is 39.0 Å². The van der Waals surface area contributed by atoms with Crippen LogP contribution in [0.2, 0.25) is 0 Å². The first kappa shape index (κ1) is 17.3. The van der Waals surface area contributed by atoms with Gasteiger partial charge >= 0.3 is 0 Å². The first-order valence-electron chi connectivity index (χ1n) is 8.12. The fraction of sp³-hybridized carbons (Fsp3) is 0.350. The van der Waals surface area contributed by atoms with Crippen molar-refractivity contribution < 1.29 is 19.4 Å². The van der Waals surface area contributed by atoms with Gasteiger partial charge in [0, 0.05) is 6.07 Å². The predicted octanol–water partition coefficient (Wildman–Crippen LogP) is 3.78. The van der Waals surface area contributed by atoms with Crippen molar-refractivity contribution in [3.63, 3.8) is 0 Å². The minimum atomic E-state index is -1.05. The highest BCUT2D eigenvalue weighted by Crippen LogP contribution is 2.44. The van der Waals surface area contributed by atoms with Gasteiger partial charge in [-0.2, -0.15) is 0 Å².